The third kappa shape index (κ3) is 5.75. The zero-order valence-electron chi connectivity index (χ0n) is 14.8. The first-order chi connectivity index (χ1) is 10.0. The van der Waals surface area contributed by atoms with Crippen molar-refractivity contribution < 1.29 is 21.7 Å². The van der Waals surface area contributed by atoms with Gasteiger partial charge in [0.25, 0.3) is 0 Å². The van der Waals surface area contributed by atoms with Gasteiger partial charge in [0.15, 0.2) is 0 Å². The summed E-state index contributed by atoms with van der Waals surface area (Å²) >= 11 is 0. The molecule has 1 aliphatic carbocycles. The number of allylic oxidation sites excluding steroid dienone is 5. The van der Waals surface area contributed by atoms with E-state index in [2.05, 4.69) is 62.4 Å². The summed E-state index contributed by atoms with van der Waals surface area (Å²) < 4.78 is 0. The van der Waals surface area contributed by atoms with Crippen LogP contribution in [0.3, 0.4) is 0 Å². The van der Waals surface area contributed by atoms with E-state index in [0.29, 0.717) is 0 Å². The van der Waals surface area contributed by atoms with E-state index in [4.69, 9.17) is 0 Å². The van der Waals surface area contributed by atoms with Crippen molar-refractivity contribution in [2.75, 3.05) is 14.1 Å². The molecule has 0 saturated carbocycles. The zero-order chi connectivity index (χ0) is 15.8. The molecule has 0 N–H and O–H groups in total. The summed E-state index contributed by atoms with van der Waals surface area (Å²) in [6, 6.07) is 8.84. The standard InChI is InChI=1S/C13H19NSi.C6H10.Ti/c1-14(2)12-9-13(15(3)4)11-8-6-5-7-10(11)12;1-3-5-6-4-2;/h5-9,13,15H,1-4H3;3-6H,1-2H3;. The fourth-order valence-corrected chi connectivity index (χ4v) is 4.11. The van der Waals surface area contributed by atoms with Crippen molar-refractivity contribution in [3.63, 3.8) is 0 Å². The molecule has 1 aromatic carbocycles. The SMILES string of the molecule is CC=CC=CC.CN(C)C1=CC([SiH](C)C)c2ccccc21.[Ti]. The van der Waals surface area contributed by atoms with E-state index in [-0.39, 0.29) is 21.7 Å². The molecule has 1 atom stereocenters. The van der Waals surface area contributed by atoms with Gasteiger partial charge in [-0.25, -0.2) is 0 Å². The van der Waals surface area contributed by atoms with Gasteiger partial charge in [-0.05, 0) is 25.0 Å². The van der Waals surface area contributed by atoms with Crippen LogP contribution in [0.2, 0.25) is 13.1 Å². The topological polar surface area (TPSA) is 3.24 Å². The summed E-state index contributed by atoms with van der Waals surface area (Å²) in [5.41, 5.74) is 5.10. The molecule has 3 heteroatoms. The van der Waals surface area contributed by atoms with Crippen LogP contribution in [0.5, 0.6) is 0 Å². The summed E-state index contributed by atoms with van der Waals surface area (Å²) in [6.45, 7) is 8.85. The Morgan fingerprint density at radius 3 is 2.00 bits per heavy atom. The molecule has 0 spiro atoms. The Morgan fingerprint density at radius 1 is 1.00 bits per heavy atom. The summed E-state index contributed by atoms with van der Waals surface area (Å²) in [6.07, 6.45) is 10.5. The van der Waals surface area contributed by atoms with Crippen LogP contribution in [0.1, 0.15) is 30.5 Å². The summed E-state index contributed by atoms with van der Waals surface area (Å²) in [5.74, 6) is 0. The maximum absolute atomic E-state index is 2.46. The van der Waals surface area contributed by atoms with E-state index >= 15 is 0 Å². The van der Waals surface area contributed by atoms with Crippen LogP contribution in [-0.4, -0.2) is 27.8 Å². The molecule has 0 heterocycles. The first-order valence-electron chi connectivity index (χ1n) is 7.75. The number of rotatable bonds is 3. The minimum Gasteiger partial charge on any atom is -0.377 e. The van der Waals surface area contributed by atoms with E-state index in [1.54, 1.807) is 5.56 Å². The minimum absolute atomic E-state index is 0. The van der Waals surface area contributed by atoms with Gasteiger partial charge in [0.2, 0.25) is 0 Å². The normalized spacial score (nSPS) is 16.1. The van der Waals surface area contributed by atoms with Gasteiger partial charge < -0.3 is 4.90 Å². The largest absolute Gasteiger partial charge is 0.377 e. The molecule has 0 fully saturated rings. The Bertz CT molecular complexity index is 520. The van der Waals surface area contributed by atoms with Gasteiger partial charge >= 0.3 is 0 Å². The maximum atomic E-state index is 2.46. The Morgan fingerprint density at radius 2 is 1.55 bits per heavy atom. The van der Waals surface area contributed by atoms with Crippen molar-refractivity contribution in [3.8, 4) is 0 Å². The monoisotopic (exact) mass is 347 g/mol. The van der Waals surface area contributed by atoms with Gasteiger partial charge in [0, 0.05) is 55.9 Å². The zero-order valence-corrected chi connectivity index (χ0v) is 17.5. The number of fused-ring (bicyclic) bond motifs is 1. The Hall–Kier alpha value is -0.829. The van der Waals surface area contributed by atoms with Crippen LogP contribution in [0.15, 0.2) is 54.6 Å². The minimum atomic E-state index is -0.643. The molecule has 0 saturated heterocycles. The van der Waals surface area contributed by atoms with Crippen molar-refractivity contribution in [1.82, 2.24) is 4.90 Å². The van der Waals surface area contributed by atoms with Gasteiger partial charge in [0.05, 0.1) is 0 Å². The summed E-state index contributed by atoms with van der Waals surface area (Å²) in [7, 11) is 3.62. The van der Waals surface area contributed by atoms with Crippen molar-refractivity contribution in [1.29, 1.82) is 0 Å². The quantitative estimate of drug-likeness (QED) is 0.558. The molecule has 1 aromatic rings. The summed E-state index contributed by atoms with van der Waals surface area (Å²) in [4.78, 5) is 2.23. The molecule has 22 heavy (non-hydrogen) atoms. The summed E-state index contributed by atoms with van der Waals surface area (Å²) in [5, 5.41) is 0. The number of hydrogen-bond acceptors (Lipinski definition) is 1. The molecular formula is C19H29NSiTi. The van der Waals surface area contributed by atoms with Crippen LogP contribution in [0, 0.1) is 0 Å². The molecule has 2 rings (SSSR count). The van der Waals surface area contributed by atoms with E-state index < -0.39 is 8.80 Å². The van der Waals surface area contributed by atoms with Crippen LogP contribution in [-0.2, 0) is 21.7 Å². The van der Waals surface area contributed by atoms with Crippen LogP contribution in [0.25, 0.3) is 5.70 Å². The number of hydrogen-bond donors (Lipinski definition) is 0. The third-order valence-electron chi connectivity index (χ3n) is 3.63. The second kappa shape index (κ2) is 10.8. The molecule has 0 aliphatic heterocycles. The number of nitrogens with zero attached hydrogens (tertiary/aromatic N) is 1. The average Bonchev–Trinajstić information content (AvgIpc) is 2.85. The first-order valence-corrected chi connectivity index (χ1v) is 10.7. The Balaban J connectivity index is 0.000000546. The van der Waals surface area contributed by atoms with Crippen molar-refractivity contribution in [2.24, 2.45) is 0 Å². The second-order valence-corrected chi connectivity index (χ2v) is 9.06. The van der Waals surface area contributed by atoms with Gasteiger partial charge in [-0.2, -0.15) is 0 Å². The average molecular weight is 347 g/mol. The molecule has 0 bridgehead atoms. The smallest absolute Gasteiger partial charge is 0.0437 e. The predicted molar refractivity (Wildman–Crippen MR) is 99.4 cm³/mol. The molecule has 0 aromatic heterocycles. The van der Waals surface area contributed by atoms with Gasteiger partial charge in [-0.3, -0.25) is 0 Å². The van der Waals surface area contributed by atoms with Crippen LogP contribution >= 0.6 is 0 Å². The van der Waals surface area contributed by atoms with E-state index in [9.17, 15) is 0 Å². The molecule has 0 amide bonds. The molecule has 1 aliphatic rings. The molecule has 1 nitrogen and oxygen atoms in total. The first kappa shape index (κ1) is 21.2. The van der Waals surface area contributed by atoms with Crippen molar-refractivity contribution in [2.45, 2.75) is 32.5 Å². The van der Waals surface area contributed by atoms with Crippen molar-refractivity contribution >= 4 is 14.5 Å². The third-order valence-corrected chi connectivity index (χ3v) is 5.62. The Kier molecular flexibility index (Phi) is 10.4. The molecule has 118 valence electrons. The number of benzene rings is 1. The van der Waals surface area contributed by atoms with E-state index in [0.717, 1.165) is 5.54 Å². The van der Waals surface area contributed by atoms with Crippen LogP contribution < -0.4 is 0 Å². The maximum Gasteiger partial charge on any atom is 0.0437 e. The van der Waals surface area contributed by atoms with Gasteiger partial charge in [0.1, 0.15) is 0 Å². The fourth-order valence-electron chi connectivity index (χ4n) is 2.53. The van der Waals surface area contributed by atoms with Crippen molar-refractivity contribution in [3.05, 3.63) is 65.8 Å². The van der Waals surface area contributed by atoms with Crippen LogP contribution in [0.4, 0.5) is 0 Å². The predicted octanol–water partition coefficient (Wildman–Crippen LogP) is 4.85. The van der Waals surface area contributed by atoms with E-state index in [1.807, 2.05) is 38.2 Å². The van der Waals surface area contributed by atoms with Gasteiger partial charge in [-0.15, -0.1) is 0 Å². The van der Waals surface area contributed by atoms with E-state index in [1.165, 1.54) is 11.3 Å². The molecule has 1 unspecified atom stereocenters. The van der Waals surface area contributed by atoms with Gasteiger partial charge in [-0.1, -0.05) is 67.7 Å². The molecular weight excluding hydrogens is 318 g/mol. The second-order valence-electron chi connectivity index (χ2n) is 5.85. The fraction of sp³-hybridized carbons (Fsp3) is 0.368. The molecule has 0 radical (unpaired) electrons. The Labute approximate surface area is 153 Å².